The van der Waals surface area contributed by atoms with Gasteiger partial charge in [0.2, 0.25) is 0 Å². The van der Waals surface area contributed by atoms with Crippen molar-refractivity contribution < 1.29 is 0 Å². The monoisotopic (exact) mass is 659 g/mol. The van der Waals surface area contributed by atoms with Gasteiger partial charge in [0, 0.05) is 51.2 Å². The Hall–Kier alpha value is -6.78. The average molecular weight is 660 g/mol. The molecule has 3 aliphatic heterocycles. The van der Waals surface area contributed by atoms with Gasteiger partial charge in [0.05, 0.1) is 0 Å². The molecule has 240 valence electrons. The molecule has 52 heavy (non-hydrogen) atoms. The molecule has 3 nitrogen and oxygen atoms in total. The lowest BCUT2D eigenvalue weighted by Crippen LogP contribution is -2.64. The van der Waals surface area contributed by atoms with Gasteiger partial charge in [0.1, 0.15) is 0 Å². The standard InChI is InChI=1S/C48H30BN3/c1-4-13-34-28-37(25-22-31(34)10-1)50-40-16-7-18-42-46(40)49-47-41(50)17-8-19-43(47)52(39-27-24-33-12-3-6-15-36(33)30-39)45-21-9-20-44(48(45)49)51(42)38-26-23-32-11-2-5-14-35(32)29-38/h1-30H. The molecule has 0 atom stereocenters. The summed E-state index contributed by atoms with van der Waals surface area (Å²) < 4.78 is 0. The van der Waals surface area contributed by atoms with Gasteiger partial charge in [0.25, 0.3) is 6.71 Å². The smallest absolute Gasteiger partial charge is 0.257 e. The Morgan fingerprint density at radius 1 is 0.250 bits per heavy atom. The van der Waals surface area contributed by atoms with E-state index in [9.17, 15) is 0 Å². The molecule has 4 heteroatoms. The summed E-state index contributed by atoms with van der Waals surface area (Å²) in [7, 11) is 0. The van der Waals surface area contributed by atoms with Crippen LogP contribution in [0.15, 0.2) is 182 Å². The van der Waals surface area contributed by atoms with E-state index in [0.29, 0.717) is 0 Å². The fraction of sp³-hybridized carbons (Fsp3) is 0. The minimum absolute atomic E-state index is 0.0775. The zero-order chi connectivity index (χ0) is 33.9. The van der Waals surface area contributed by atoms with E-state index in [2.05, 4.69) is 197 Å². The molecule has 0 fully saturated rings. The van der Waals surface area contributed by atoms with Crippen molar-refractivity contribution in [3.05, 3.63) is 182 Å². The highest BCUT2D eigenvalue weighted by atomic mass is 15.2. The van der Waals surface area contributed by atoms with Gasteiger partial charge in [-0.25, -0.2) is 0 Å². The molecule has 9 aromatic carbocycles. The summed E-state index contributed by atoms with van der Waals surface area (Å²) >= 11 is 0. The van der Waals surface area contributed by atoms with E-state index < -0.39 is 0 Å². The lowest BCUT2D eigenvalue weighted by Gasteiger charge is -2.49. The molecular formula is C48H30BN3. The first-order valence-corrected chi connectivity index (χ1v) is 18.1. The Balaban J connectivity index is 1.19. The predicted octanol–water partition coefficient (Wildman–Crippen LogP) is 11.0. The number of hydrogen-bond donors (Lipinski definition) is 0. The molecule has 0 saturated heterocycles. The first kappa shape index (κ1) is 28.0. The highest BCUT2D eigenvalue weighted by Gasteiger charge is 2.49. The maximum atomic E-state index is 2.51. The first-order chi connectivity index (χ1) is 25.8. The van der Waals surface area contributed by atoms with Crippen LogP contribution in [0.25, 0.3) is 32.3 Å². The van der Waals surface area contributed by atoms with Crippen LogP contribution in [0.2, 0.25) is 0 Å². The number of nitrogens with zero attached hydrogens (tertiary/aromatic N) is 3. The first-order valence-electron chi connectivity index (χ1n) is 18.1. The van der Waals surface area contributed by atoms with Crippen LogP contribution in [0.4, 0.5) is 51.2 Å². The Kier molecular flexibility index (Phi) is 5.58. The van der Waals surface area contributed by atoms with Gasteiger partial charge in [-0.2, -0.15) is 0 Å². The summed E-state index contributed by atoms with van der Waals surface area (Å²) in [5.41, 5.74) is 14.9. The molecule has 3 aliphatic rings. The number of benzene rings is 9. The van der Waals surface area contributed by atoms with Gasteiger partial charge >= 0.3 is 0 Å². The van der Waals surface area contributed by atoms with E-state index >= 15 is 0 Å². The molecule has 0 radical (unpaired) electrons. The third-order valence-electron chi connectivity index (χ3n) is 11.5. The van der Waals surface area contributed by atoms with E-state index in [0.717, 1.165) is 17.1 Å². The second kappa shape index (κ2) is 10.4. The predicted molar refractivity (Wildman–Crippen MR) is 221 cm³/mol. The maximum absolute atomic E-state index is 2.51. The normalized spacial score (nSPS) is 13.6. The summed E-state index contributed by atoms with van der Waals surface area (Å²) in [6.07, 6.45) is 0. The number of hydrogen-bond acceptors (Lipinski definition) is 3. The van der Waals surface area contributed by atoms with Crippen molar-refractivity contribution in [3.8, 4) is 0 Å². The molecule has 3 heterocycles. The lowest BCUT2D eigenvalue weighted by atomic mass is 9.32. The topological polar surface area (TPSA) is 9.72 Å². The second-order valence-corrected chi connectivity index (χ2v) is 14.2. The molecule has 0 N–H and O–H groups in total. The van der Waals surface area contributed by atoms with Crippen molar-refractivity contribution in [2.24, 2.45) is 0 Å². The Labute approximate surface area is 302 Å². The van der Waals surface area contributed by atoms with E-state index in [1.165, 1.54) is 82.8 Å². The SMILES string of the molecule is c1cc2c3c(c1)N(c1ccc4ccccc4c1)c1cccc4c1B3c1c(cccc1N4c1ccc3ccccc3c1)N2c1ccc2ccccc2c1. The van der Waals surface area contributed by atoms with Gasteiger partial charge in [-0.05, 0) is 122 Å². The summed E-state index contributed by atoms with van der Waals surface area (Å²) in [4.78, 5) is 7.53. The quantitative estimate of drug-likeness (QED) is 0.175. The van der Waals surface area contributed by atoms with Gasteiger partial charge in [-0.1, -0.05) is 109 Å². The molecule has 0 spiro atoms. The fourth-order valence-electron chi connectivity index (χ4n) is 9.28. The molecular weight excluding hydrogens is 629 g/mol. The Bertz CT molecular complexity index is 2580. The summed E-state index contributed by atoms with van der Waals surface area (Å²) in [6.45, 7) is 0.0775. The highest BCUT2D eigenvalue weighted by Crippen LogP contribution is 2.50. The molecule has 0 bridgehead atoms. The largest absolute Gasteiger partial charge is 0.311 e. The van der Waals surface area contributed by atoms with Crippen molar-refractivity contribution in [1.29, 1.82) is 0 Å². The second-order valence-electron chi connectivity index (χ2n) is 14.2. The van der Waals surface area contributed by atoms with Crippen LogP contribution in [-0.4, -0.2) is 6.71 Å². The minimum Gasteiger partial charge on any atom is -0.311 e. The molecule has 0 unspecified atom stereocenters. The van der Waals surface area contributed by atoms with E-state index in [4.69, 9.17) is 0 Å². The number of anilines is 9. The molecule has 0 aromatic heterocycles. The van der Waals surface area contributed by atoms with Crippen molar-refractivity contribution in [3.63, 3.8) is 0 Å². The average Bonchev–Trinajstić information content (AvgIpc) is 3.20. The highest BCUT2D eigenvalue weighted by molar-refractivity contribution is 7.02. The van der Waals surface area contributed by atoms with Crippen LogP contribution >= 0.6 is 0 Å². The third-order valence-corrected chi connectivity index (χ3v) is 11.5. The van der Waals surface area contributed by atoms with Crippen LogP contribution in [-0.2, 0) is 0 Å². The van der Waals surface area contributed by atoms with Crippen LogP contribution < -0.4 is 31.1 Å². The van der Waals surface area contributed by atoms with Crippen LogP contribution in [0.3, 0.4) is 0 Å². The van der Waals surface area contributed by atoms with Crippen LogP contribution in [0.1, 0.15) is 0 Å². The molecule has 0 amide bonds. The third kappa shape index (κ3) is 3.76. The van der Waals surface area contributed by atoms with Crippen molar-refractivity contribution in [1.82, 2.24) is 0 Å². The van der Waals surface area contributed by atoms with Crippen molar-refractivity contribution in [2.45, 2.75) is 0 Å². The fourth-order valence-corrected chi connectivity index (χ4v) is 9.28. The summed E-state index contributed by atoms with van der Waals surface area (Å²) in [5.74, 6) is 0. The zero-order valence-corrected chi connectivity index (χ0v) is 28.2. The number of fused-ring (bicyclic) bond motifs is 3. The van der Waals surface area contributed by atoms with Gasteiger partial charge < -0.3 is 14.7 Å². The molecule has 9 aromatic rings. The van der Waals surface area contributed by atoms with Crippen molar-refractivity contribution in [2.75, 3.05) is 14.7 Å². The van der Waals surface area contributed by atoms with Crippen LogP contribution in [0, 0.1) is 0 Å². The molecule has 12 rings (SSSR count). The summed E-state index contributed by atoms with van der Waals surface area (Å²) in [6, 6.07) is 67.4. The Morgan fingerprint density at radius 2 is 0.519 bits per heavy atom. The summed E-state index contributed by atoms with van der Waals surface area (Å²) in [5, 5.41) is 7.44. The Morgan fingerprint density at radius 3 is 0.808 bits per heavy atom. The van der Waals surface area contributed by atoms with E-state index in [-0.39, 0.29) is 6.71 Å². The maximum Gasteiger partial charge on any atom is 0.257 e. The molecule has 0 aliphatic carbocycles. The van der Waals surface area contributed by atoms with E-state index in [1.54, 1.807) is 0 Å². The lowest BCUT2D eigenvalue weighted by molar-refractivity contribution is 1.22. The van der Waals surface area contributed by atoms with Crippen molar-refractivity contribution >= 4 is 107 Å². The minimum atomic E-state index is 0.0775. The van der Waals surface area contributed by atoms with E-state index in [1.807, 2.05) is 0 Å². The van der Waals surface area contributed by atoms with Gasteiger partial charge in [-0.3, -0.25) is 0 Å². The van der Waals surface area contributed by atoms with Gasteiger partial charge in [-0.15, -0.1) is 0 Å². The number of rotatable bonds is 3. The zero-order valence-electron chi connectivity index (χ0n) is 28.2. The van der Waals surface area contributed by atoms with Gasteiger partial charge in [0.15, 0.2) is 0 Å². The molecule has 0 saturated carbocycles. The van der Waals surface area contributed by atoms with Crippen LogP contribution in [0.5, 0.6) is 0 Å².